The first-order valence-electron chi connectivity index (χ1n) is 6.51. The van der Waals surface area contributed by atoms with E-state index in [0.717, 1.165) is 13.1 Å². The van der Waals surface area contributed by atoms with Crippen LogP contribution < -0.4 is 5.32 Å². The SMILES string of the molecule is COC(C)(C)CNCc1ccc(-c2ccccc2)s1. The molecule has 1 N–H and O–H groups in total. The Hall–Kier alpha value is -1.16. The van der Waals surface area contributed by atoms with E-state index in [1.807, 2.05) is 17.4 Å². The Morgan fingerprint density at radius 3 is 2.53 bits per heavy atom. The van der Waals surface area contributed by atoms with E-state index in [1.54, 1.807) is 7.11 Å². The molecule has 0 saturated heterocycles. The summed E-state index contributed by atoms with van der Waals surface area (Å²) in [5.74, 6) is 0. The van der Waals surface area contributed by atoms with Crippen LogP contribution in [0.1, 0.15) is 18.7 Å². The number of hydrogen-bond acceptors (Lipinski definition) is 3. The van der Waals surface area contributed by atoms with Crippen LogP contribution >= 0.6 is 11.3 Å². The molecule has 0 saturated carbocycles. The molecule has 0 unspecified atom stereocenters. The monoisotopic (exact) mass is 275 g/mol. The van der Waals surface area contributed by atoms with Crippen molar-refractivity contribution >= 4 is 11.3 Å². The van der Waals surface area contributed by atoms with Gasteiger partial charge < -0.3 is 10.1 Å². The van der Waals surface area contributed by atoms with Gasteiger partial charge in [-0.3, -0.25) is 0 Å². The second-order valence-corrected chi connectivity index (χ2v) is 6.37. The second kappa shape index (κ2) is 6.33. The predicted octanol–water partition coefficient (Wildman–Crippen LogP) is 3.93. The van der Waals surface area contributed by atoms with Gasteiger partial charge in [0.25, 0.3) is 0 Å². The van der Waals surface area contributed by atoms with Gasteiger partial charge in [0.15, 0.2) is 0 Å². The van der Waals surface area contributed by atoms with Gasteiger partial charge in [-0.05, 0) is 31.5 Å². The minimum absolute atomic E-state index is 0.112. The number of methoxy groups -OCH3 is 1. The summed E-state index contributed by atoms with van der Waals surface area (Å²) >= 11 is 1.84. The van der Waals surface area contributed by atoms with Crippen molar-refractivity contribution in [2.24, 2.45) is 0 Å². The van der Waals surface area contributed by atoms with Gasteiger partial charge in [-0.1, -0.05) is 30.3 Å². The lowest BCUT2D eigenvalue weighted by molar-refractivity contribution is 0.0231. The Morgan fingerprint density at radius 2 is 1.84 bits per heavy atom. The van der Waals surface area contributed by atoms with E-state index < -0.39 is 0 Å². The molecule has 0 aliphatic heterocycles. The van der Waals surface area contributed by atoms with Crippen molar-refractivity contribution in [1.82, 2.24) is 5.32 Å². The molecular formula is C16H21NOS. The smallest absolute Gasteiger partial charge is 0.0746 e. The van der Waals surface area contributed by atoms with Crippen molar-refractivity contribution in [2.45, 2.75) is 26.0 Å². The summed E-state index contributed by atoms with van der Waals surface area (Å²) in [5.41, 5.74) is 1.18. The first kappa shape index (κ1) is 14.3. The first-order valence-corrected chi connectivity index (χ1v) is 7.32. The molecule has 0 aliphatic carbocycles. The Balaban J connectivity index is 1.92. The van der Waals surface area contributed by atoms with E-state index in [2.05, 4.69) is 55.6 Å². The van der Waals surface area contributed by atoms with Crippen LogP contribution in [-0.4, -0.2) is 19.3 Å². The second-order valence-electron chi connectivity index (χ2n) is 5.20. The number of hydrogen-bond donors (Lipinski definition) is 1. The van der Waals surface area contributed by atoms with Crippen molar-refractivity contribution in [1.29, 1.82) is 0 Å². The zero-order valence-electron chi connectivity index (χ0n) is 11.8. The molecule has 0 fully saturated rings. The van der Waals surface area contributed by atoms with Crippen LogP contribution in [0.2, 0.25) is 0 Å². The molecule has 0 aliphatic rings. The molecule has 1 aromatic carbocycles. The Labute approximate surface area is 119 Å². The van der Waals surface area contributed by atoms with E-state index in [4.69, 9.17) is 4.74 Å². The van der Waals surface area contributed by atoms with Crippen molar-refractivity contribution in [3.05, 3.63) is 47.3 Å². The Kier molecular flexibility index (Phi) is 4.75. The number of rotatable bonds is 6. The molecule has 1 heterocycles. The highest BCUT2D eigenvalue weighted by Crippen LogP contribution is 2.27. The lowest BCUT2D eigenvalue weighted by atomic mass is 10.1. The van der Waals surface area contributed by atoms with Crippen LogP contribution in [0.3, 0.4) is 0 Å². The van der Waals surface area contributed by atoms with Gasteiger partial charge in [-0.2, -0.15) is 0 Å². The molecule has 2 rings (SSSR count). The highest BCUT2D eigenvalue weighted by atomic mass is 32.1. The minimum atomic E-state index is -0.112. The van der Waals surface area contributed by atoms with Crippen LogP contribution in [0.15, 0.2) is 42.5 Å². The topological polar surface area (TPSA) is 21.3 Å². The van der Waals surface area contributed by atoms with Gasteiger partial charge in [0.1, 0.15) is 0 Å². The van der Waals surface area contributed by atoms with E-state index in [0.29, 0.717) is 0 Å². The van der Waals surface area contributed by atoms with Crippen LogP contribution in [0, 0.1) is 0 Å². The molecular weight excluding hydrogens is 254 g/mol. The maximum Gasteiger partial charge on any atom is 0.0746 e. The largest absolute Gasteiger partial charge is 0.377 e. The van der Waals surface area contributed by atoms with Gasteiger partial charge in [-0.25, -0.2) is 0 Å². The minimum Gasteiger partial charge on any atom is -0.377 e. The van der Waals surface area contributed by atoms with E-state index >= 15 is 0 Å². The Bertz CT molecular complexity index is 504. The fraction of sp³-hybridized carbons (Fsp3) is 0.375. The van der Waals surface area contributed by atoms with Crippen molar-refractivity contribution in [3.8, 4) is 10.4 Å². The average molecular weight is 275 g/mol. The number of ether oxygens (including phenoxy) is 1. The molecule has 19 heavy (non-hydrogen) atoms. The summed E-state index contributed by atoms with van der Waals surface area (Å²) in [6, 6.07) is 14.9. The first-order chi connectivity index (χ1) is 9.11. The normalized spacial score (nSPS) is 11.7. The molecule has 0 atom stereocenters. The molecule has 2 nitrogen and oxygen atoms in total. The van der Waals surface area contributed by atoms with Crippen LogP contribution in [0.25, 0.3) is 10.4 Å². The summed E-state index contributed by atoms with van der Waals surface area (Å²) in [6.07, 6.45) is 0. The number of benzene rings is 1. The van der Waals surface area contributed by atoms with Gasteiger partial charge in [0, 0.05) is 30.0 Å². The summed E-state index contributed by atoms with van der Waals surface area (Å²) in [7, 11) is 1.75. The molecule has 0 bridgehead atoms. The number of thiophene rings is 1. The number of nitrogens with one attached hydrogen (secondary N) is 1. The van der Waals surface area contributed by atoms with E-state index in [-0.39, 0.29) is 5.60 Å². The molecule has 0 spiro atoms. The zero-order chi connectivity index (χ0) is 13.7. The highest BCUT2D eigenvalue weighted by molar-refractivity contribution is 7.15. The van der Waals surface area contributed by atoms with Crippen molar-refractivity contribution in [3.63, 3.8) is 0 Å². The predicted molar refractivity (Wildman–Crippen MR) is 82.5 cm³/mol. The zero-order valence-corrected chi connectivity index (χ0v) is 12.6. The molecule has 3 heteroatoms. The van der Waals surface area contributed by atoms with Gasteiger partial charge >= 0.3 is 0 Å². The fourth-order valence-electron chi connectivity index (χ4n) is 1.79. The van der Waals surface area contributed by atoms with Crippen molar-refractivity contribution in [2.75, 3.05) is 13.7 Å². The molecule has 2 aromatic rings. The third-order valence-corrected chi connectivity index (χ3v) is 4.26. The summed E-state index contributed by atoms with van der Waals surface area (Å²) in [5, 5.41) is 3.44. The molecule has 102 valence electrons. The summed E-state index contributed by atoms with van der Waals surface area (Å²) in [4.78, 5) is 2.68. The summed E-state index contributed by atoms with van der Waals surface area (Å²) < 4.78 is 5.39. The molecule has 1 aromatic heterocycles. The van der Waals surface area contributed by atoms with Crippen molar-refractivity contribution < 1.29 is 4.74 Å². The summed E-state index contributed by atoms with van der Waals surface area (Å²) in [6.45, 7) is 5.92. The van der Waals surface area contributed by atoms with Crippen LogP contribution in [0.4, 0.5) is 0 Å². The van der Waals surface area contributed by atoms with Gasteiger partial charge in [0.05, 0.1) is 5.60 Å². The molecule has 0 radical (unpaired) electrons. The van der Waals surface area contributed by atoms with Crippen LogP contribution in [0.5, 0.6) is 0 Å². The van der Waals surface area contributed by atoms with E-state index in [9.17, 15) is 0 Å². The lowest BCUT2D eigenvalue weighted by Crippen LogP contribution is -2.36. The van der Waals surface area contributed by atoms with Gasteiger partial charge in [0.2, 0.25) is 0 Å². The lowest BCUT2D eigenvalue weighted by Gasteiger charge is -2.22. The third-order valence-electron chi connectivity index (χ3n) is 3.12. The third kappa shape index (κ3) is 4.16. The maximum atomic E-state index is 5.39. The maximum absolute atomic E-state index is 5.39. The van der Waals surface area contributed by atoms with Gasteiger partial charge in [-0.15, -0.1) is 11.3 Å². The van der Waals surface area contributed by atoms with E-state index in [1.165, 1.54) is 15.3 Å². The molecule has 0 amide bonds. The Morgan fingerprint density at radius 1 is 1.11 bits per heavy atom. The van der Waals surface area contributed by atoms with Crippen LogP contribution in [-0.2, 0) is 11.3 Å². The standard InChI is InChI=1S/C16H21NOS/c1-16(2,18-3)12-17-11-14-9-10-15(19-14)13-7-5-4-6-8-13/h4-10,17H,11-12H2,1-3H3. The quantitative estimate of drug-likeness (QED) is 0.862. The fourth-order valence-corrected chi connectivity index (χ4v) is 2.77. The highest BCUT2D eigenvalue weighted by Gasteiger charge is 2.15. The average Bonchev–Trinajstić information content (AvgIpc) is 2.88.